The van der Waals surface area contributed by atoms with Crippen LogP contribution >= 0.6 is 0 Å². The zero-order valence-electron chi connectivity index (χ0n) is 12.0. The van der Waals surface area contributed by atoms with Gasteiger partial charge in [-0.25, -0.2) is 13.8 Å². The summed E-state index contributed by atoms with van der Waals surface area (Å²) in [4.78, 5) is 4.34. The van der Waals surface area contributed by atoms with E-state index in [4.69, 9.17) is 5.73 Å². The summed E-state index contributed by atoms with van der Waals surface area (Å²) in [5.41, 5.74) is 8.45. The van der Waals surface area contributed by atoms with Crippen LogP contribution in [-0.4, -0.2) is 4.98 Å². The van der Waals surface area contributed by atoms with Gasteiger partial charge in [-0.15, -0.1) is 0 Å². The molecule has 0 atom stereocenters. The molecule has 2 aromatic rings. The van der Waals surface area contributed by atoms with Gasteiger partial charge < -0.3 is 5.73 Å². The zero-order valence-corrected chi connectivity index (χ0v) is 12.0. The molecule has 0 bridgehead atoms. The van der Waals surface area contributed by atoms with Crippen molar-refractivity contribution in [2.24, 2.45) is 0 Å². The molecule has 1 aromatic carbocycles. The van der Waals surface area contributed by atoms with Gasteiger partial charge in [0.1, 0.15) is 29.1 Å². The number of aryl methyl sites for hydroxylation is 1. The van der Waals surface area contributed by atoms with Crippen LogP contribution in [0.1, 0.15) is 36.1 Å². The van der Waals surface area contributed by atoms with Crippen molar-refractivity contribution in [3.05, 3.63) is 46.7 Å². The summed E-state index contributed by atoms with van der Waals surface area (Å²) < 4.78 is 27.4. The van der Waals surface area contributed by atoms with E-state index in [0.717, 1.165) is 49.4 Å². The van der Waals surface area contributed by atoms with E-state index in [9.17, 15) is 14.0 Å². The zero-order chi connectivity index (χ0) is 15.7. The first-order chi connectivity index (χ1) is 10.6. The number of rotatable bonds is 1. The molecule has 0 fully saturated rings. The van der Waals surface area contributed by atoms with E-state index in [1.807, 2.05) is 6.07 Å². The van der Waals surface area contributed by atoms with Crippen molar-refractivity contribution in [1.82, 2.24) is 4.98 Å². The third kappa shape index (κ3) is 2.41. The molecule has 1 heterocycles. The van der Waals surface area contributed by atoms with Gasteiger partial charge in [0, 0.05) is 22.9 Å². The summed E-state index contributed by atoms with van der Waals surface area (Å²) in [7, 11) is 0. The average Bonchev–Trinajstić information content (AvgIpc) is 2.71. The molecule has 112 valence electrons. The van der Waals surface area contributed by atoms with Crippen LogP contribution in [0.2, 0.25) is 0 Å². The van der Waals surface area contributed by atoms with Gasteiger partial charge in [0.2, 0.25) is 0 Å². The van der Waals surface area contributed by atoms with Gasteiger partial charge in [-0.2, -0.15) is 5.26 Å². The van der Waals surface area contributed by atoms with E-state index in [1.54, 1.807) is 0 Å². The van der Waals surface area contributed by atoms with Crippen molar-refractivity contribution in [3.63, 3.8) is 0 Å². The second-order valence-electron chi connectivity index (χ2n) is 5.47. The molecule has 5 heteroatoms. The number of hydrogen-bond donors (Lipinski definition) is 1. The van der Waals surface area contributed by atoms with Crippen molar-refractivity contribution < 1.29 is 8.78 Å². The number of pyridine rings is 1. The van der Waals surface area contributed by atoms with E-state index >= 15 is 0 Å². The average molecular weight is 299 g/mol. The van der Waals surface area contributed by atoms with Gasteiger partial charge in [-0.3, -0.25) is 0 Å². The molecular formula is C17H15F2N3. The van der Waals surface area contributed by atoms with Crippen LogP contribution in [0.3, 0.4) is 0 Å². The Hall–Kier alpha value is -2.48. The molecule has 0 radical (unpaired) electrons. The predicted octanol–water partition coefficient (Wildman–Crippen LogP) is 3.75. The Labute approximate surface area is 127 Å². The molecule has 3 rings (SSSR count). The molecule has 22 heavy (non-hydrogen) atoms. The van der Waals surface area contributed by atoms with Crippen molar-refractivity contribution in [1.29, 1.82) is 5.26 Å². The van der Waals surface area contributed by atoms with Gasteiger partial charge in [0.05, 0.1) is 0 Å². The summed E-state index contributed by atoms with van der Waals surface area (Å²) in [5.74, 6) is -1.22. The monoisotopic (exact) mass is 299 g/mol. The molecule has 0 saturated heterocycles. The lowest BCUT2D eigenvalue weighted by Crippen LogP contribution is -2.07. The highest BCUT2D eigenvalue weighted by molar-refractivity contribution is 5.79. The van der Waals surface area contributed by atoms with Crippen molar-refractivity contribution in [2.45, 2.75) is 32.1 Å². The Kier molecular flexibility index (Phi) is 3.76. The Morgan fingerprint density at radius 1 is 1.14 bits per heavy atom. The third-order valence-corrected chi connectivity index (χ3v) is 4.06. The first-order valence-electron chi connectivity index (χ1n) is 7.28. The normalized spacial score (nSPS) is 14.0. The number of benzene rings is 1. The molecule has 0 spiro atoms. The van der Waals surface area contributed by atoms with E-state index in [1.165, 1.54) is 12.1 Å². The Morgan fingerprint density at radius 2 is 1.91 bits per heavy atom. The van der Waals surface area contributed by atoms with Crippen molar-refractivity contribution in [3.8, 4) is 17.2 Å². The highest BCUT2D eigenvalue weighted by atomic mass is 19.1. The Balaban J connectivity index is 2.33. The lowest BCUT2D eigenvalue weighted by Gasteiger charge is -2.16. The molecular weight excluding hydrogens is 284 g/mol. The molecule has 1 aliphatic rings. The van der Waals surface area contributed by atoms with Gasteiger partial charge in [0.15, 0.2) is 0 Å². The minimum absolute atomic E-state index is 0.113. The number of fused-ring (bicyclic) bond motifs is 1. The lowest BCUT2D eigenvalue weighted by molar-refractivity contribution is 0.585. The van der Waals surface area contributed by atoms with Crippen LogP contribution in [0.25, 0.3) is 11.1 Å². The molecule has 0 amide bonds. The fourth-order valence-corrected chi connectivity index (χ4v) is 3.04. The molecule has 0 unspecified atom stereocenters. The number of nitrogens with two attached hydrogens (primary N) is 1. The summed E-state index contributed by atoms with van der Waals surface area (Å²) in [6, 6.07) is 5.42. The molecule has 2 N–H and O–H groups in total. The number of nitriles is 1. The number of nitrogens with zero attached hydrogens (tertiary/aromatic N) is 2. The number of anilines is 1. The molecule has 1 aromatic heterocycles. The predicted molar refractivity (Wildman–Crippen MR) is 80.0 cm³/mol. The SMILES string of the molecule is N#Cc1c(N)nc2c(c1-c1ccc(F)cc1F)CCCCC2. The maximum atomic E-state index is 14.2. The van der Waals surface area contributed by atoms with E-state index < -0.39 is 11.6 Å². The fourth-order valence-electron chi connectivity index (χ4n) is 3.04. The number of halogens is 2. The number of hydrogen-bond acceptors (Lipinski definition) is 3. The molecule has 0 saturated carbocycles. The van der Waals surface area contributed by atoms with Crippen LogP contribution < -0.4 is 5.73 Å². The summed E-state index contributed by atoms with van der Waals surface area (Å²) >= 11 is 0. The van der Waals surface area contributed by atoms with Gasteiger partial charge in [0.25, 0.3) is 0 Å². The van der Waals surface area contributed by atoms with Gasteiger partial charge in [-0.05, 0) is 43.4 Å². The van der Waals surface area contributed by atoms with E-state index in [2.05, 4.69) is 4.98 Å². The second kappa shape index (κ2) is 5.72. The highest BCUT2D eigenvalue weighted by Crippen LogP contribution is 2.36. The summed E-state index contributed by atoms with van der Waals surface area (Å²) in [5, 5.41) is 9.41. The maximum absolute atomic E-state index is 14.2. The minimum Gasteiger partial charge on any atom is -0.383 e. The van der Waals surface area contributed by atoms with Crippen LogP contribution in [0.15, 0.2) is 18.2 Å². The smallest absolute Gasteiger partial charge is 0.142 e. The van der Waals surface area contributed by atoms with Crippen LogP contribution in [-0.2, 0) is 12.8 Å². The van der Waals surface area contributed by atoms with Crippen LogP contribution in [0.4, 0.5) is 14.6 Å². The Bertz CT molecular complexity index is 778. The van der Waals surface area contributed by atoms with Gasteiger partial charge in [-0.1, -0.05) is 6.42 Å². The molecule has 3 nitrogen and oxygen atoms in total. The molecule has 0 aliphatic heterocycles. The lowest BCUT2D eigenvalue weighted by atomic mass is 9.91. The first-order valence-corrected chi connectivity index (χ1v) is 7.28. The van der Waals surface area contributed by atoms with E-state index in [0.29, 0.717) is 5.56 Å². The summed E-state index contributed by atoms with van der Waals surface area (Å²) in [6.45, 7) is 0. The minimum atomic E-state index is -0.687. The fraction of sp³-hybridized carbons (Fsp3) is 0.294. The number of aromatic nitrogens is 1. The topological polar surface area (TPSA) is 62.7 Å². The molecule has 1 aliphatic carbocycles. The van der Waals surface area contributed by atoms with Crippen molar-refractivity contribution in [2.75, 3.05) is 5.73 Å². The van der Waals surface area contributed by atoms with Crippen molar-refractivity contribution >= 4 is 5.82 Å². The third-order valence-electron chi connectivity index (χ3n) is 4.06. The summed E-state index contributed by atoms with van der Waals surface area (Å²) in [6.07, 6.45) is 4.50. The maximum Gasteiger partial charge on any atom is 0.142 e. The largest absolute Gasteiger partial charge is 0.383 e. The van der Waals surface area contributed by atoms with Gasteiger partial charge >= 0.3 is 0 Å². The standard InChI is InChI=1S/C17H15F2N3/c18-10-6-7-11(14(19)8-10)16-12-4-2-1-3-5-15(12)22-17(21)13(16)9-20/h6-8H,1-5H2,(H2,21,22). The highest BCUT2D eigenvalue weighted by Gasteiger charge is 2.23. The Morgan fingerprint density at radius 3 is 2.64 bits per heavy atom. The second-order valence-corrected chi connectivity index (χ2v) is 5.47. The quantitative estimate of drug-likeness (QED) is 0.816. The number of nitrogen functional groups attached to an aromatic ring is 1. The van der Waals surface area contributed by atoms with E-state index in [-0.39, 0.29) is 16.9 Å². The van der Waals surface area contributed by atoms with Crippen LogP contribution in [0.5, 0.6) is 0 Å². The van der Waals surface area contributed by atoms with Crippen LogP contribution in [0, 0.1) is 23.0 Å². The first kappa shape index (κ1) is 14.5.